The van der Waals surface area contributed by atoms with Crippen molar-refractivity contribution >= 4 is 17.7 Å². The molecule has 0 radical (unpaired) electrons. The maximum atomic E-state index is 12.0. The van der Waals surface area contributed by atoms with Gasteiger partial charge in [0.05, 0.1) is 5.25 Å². The zero-order valence-corrected chi connectivity index (χ0v) is 13.1. The van der Waals surface area contributed by atoms with Crippen LogP contribution in [0.25, 0.3) is 0 Å². The highest BCUT2D eigenvalue weighted by Gasteiger charge is 2.12. The number of hydrogen-bond donors (Lipinski definition) is 1. The van der Waals surface area contributed by atoms with Crippen molar-refractivity contribution in [1.29, 1.82) is 0 Å². The predicted molar refractivity (Wildman–Crippen MR) is 90.4 cm³/mol. The molecule has 0 spiro atoms. The molecule has 2 aromatic rings. The summed E-state index contributed by atoms with van der Waals surface area (Å²) in [5.74, 6) is 0.987. The Morgan fingerprint density at radius 1 is 1.00 bits per heavy atom. The third-order valence-electron chi connectivity index (χ3n) is 3.27. The molecule has 0 saturated heterocycles. The number of amides is 1. The van der Waals surface area contributed by atoms with Crippen molar-refractivity contribution in [2.45, 2.75) is 24.3 Å². The molecule has 0 bridgehead atoms. The van der Waals surface area contributed by atoms with E-state index in [9.17, 15) is 4.79 Å². The van der Waals surface area contributed by atoms with E-state index in [0.29, 0.717) is 6.54 Å². The Kier molecular flexibility index (Phi) is 6.35. The highest BCUT2D eigenvalue weighted by Crippen LogP contribution is 2.17. The number of rotatable bonds is 7. The normalized spacial score (nSPS) is 11.9. The molecule has 0 aliphatic heterocycles. The number of carbonyl (C=O) groups excluding carboxylic acids is 1. The molecule has 1 amide bonds. The Balaban J connectivity index is 1.68. The fraction of sp³-hybridized carbons (Fsp3) is 0.278. The maximum Gasteiger partial charge on any atom is 0.232 e. The third-order valence-corrected chi connectivity index (χ3v) is 4.48. The molecule has 2 nitrogen and oxygen atoms in total. The minimum Gasteiger partial charge on any atom is -0.355 e. The Morgan fingerprint density at radius 3 is 2.19 bits per heavy atom. The van der Waals surface area contributed by atoms with Gasteiger partial charge in [0.25, 0.3) is 0 Å². The fourth-order valence-electron chi connectivity index (χ4n) is 1.99. The van der Waals surface area contributed by atoms with Gasteiger partial charge in [0.15, 0.2) is 0 Å². The first-order chi connectivity index (χ1) is 10.3. The summed E-state index contributed by atoms with van der Waals surface area (Å²) in [5.41, 5.74) is 2.51. The van der Waals surface area contributed by atoms with Crippen molar-refractivity contribution in [2.75, 3.05) is 6.54 Å². The van der Waals surface area contributed by atoms with E-state index in [1.165, 1.54) is 11.1 Å². The summed E-state index contributed by atoms with van der Waals surface area (Å²) in [5, 5.41) is 2.98. The summed E-state index contributed by atoms with van der Waals surface area (Å²) in [6.07, 6.45) is 0.878. The SMILES string of the molecule is C[C@H](SCc1ccccc1)C(=O)NCCc1ccccc1. The summed E-state index contributed by atoms with van der Waals surface area (Å²) in [6.45, 7) is 2.66. The van der Waals surface area contributed by atoms with Crippen LogP contribution in [0.3, 0.4) is 0 Å². The van der Waals surface area contributed by atoms with Gasteiger partial charge in [-0.05, 0) is 24.5 Å². The van der Waals surface area contributed by atoms with E-state index in [-0.39, 0.29) is 11.2 Å². The van der Waals surface area contributed by atoms with Crippen LogP contribution in [0.5, 0.6) is 0 Å². The average Bonchev–Trinajstić information content (AvgIpc) is 2.54. The number of carbonyl (C=O) groups is 1. The van der Waals surface area contributed by atoms with Gasteiger partial charge in [0, 0.05) is 12.3 Å². The lowest BCUT2D eigenvalue weighted by Gasteiger charge is -2.12. The Bertz CT molecular complexity index is 542. The van der Waals surface area contributed by atoms with E-state index in [0.717, 1.165) is 12.2 Å². The van der Waals surface area contributed by atoms with Gasteiger partial charge in [-0.1, -0.05) is 60.7 Å². The van der Waals surface area contributed by atoms with E-state index in [1.807, 2.05) is 43.3 Å². The first-order valence-corrected chi connectivity index (χ1v) is 8.28. The van der Waals surface area contributed by atoms with Crippen LogP contribution >= 0.6 is 11.8 Å². The van der Waals surface area contributed by atoms with Crippen molar-refractivity contribution in [3.05, 3.63) is 71.8 Å². The molecule has 2 rings (SSSR count). The zero-order valence-electron chi connectivity index (χ0n) is 12.3. The van der Waals surface area contributed by atoms with E-state index < -0.39 is 0 Å². The second-order valence-electron chi connectivity index (χ2n) is 4.97. The first kappa shape index (κ1) is 15.6. The number of thioether (sulfide) groups is 1. The molecule has 3 heteroatoms. The molecule has 21 heavy (non-hydrogen) atoms. The molecular weight excluding hydrogens is 278 g/mol. The standard InChI is InChI=1S/C18H21NOS/c1-15(21-14-17-10-6-3-7-11-17)18(20)19-13-12-16-8-4-2-5-9-16/h2-11,15H,12-14H2,1H3,(H,19,20)/t15-/m0/s1. The van der Waals surface area contributed by atoms with Crippen LogP contribution in [0.15, 0.2) is 60.7 Å². The van der Waals surface area contributed by atoms with Crippen LogP contribution in [-0.4, -0.2) is 17.7 Å². The van der Waals surface area contributed by atoms with Gasteiger partial charge in [0.1, 0.15) is 0 Å². The van der Waals surface area contributed by atoms with Gasteiger partial charge in [-0.15, -0.1) is 11.8 Å². The molecule has 0 unspecified atom stereocenters. The van der Waals surface area contributed by atoms with E-state index in [1.54, 1.807) is 11.8 Å². The van der Waals surface area contributed by atoms with Crippen LogP contribution in [0.1, 0.15) is 18.1 Å². The van der Waals surface area contributed by atoms with Crippen molar-refractivity contribution in [2.24, 2.45) is 0 Å². The van der Waals surface area contributed by atoms with Crippen LogP contribution in [0.2, 0.25) is 0 Å². The van der Waals surface area contributed by atoms with Gasteiger partial charge < -0.3 is 5.32 Å². The minimum atomic E-state index is -0.0269. The van der Waals surface area contributed by atoms with E-state index in [2.05, 4.69) is 29.6 Å². The molecule has 2 aromatic carbocycles. The average molecular weight is 299 g/mol. The Morgan fingerprint density at radius 2 is 1.57 bits per heavy atom. The maximum absolute atomic E-state index is 12.0. The highest BCUT2D eigenvalue weighted by molar-refractivity contribution is 7.99. The number of benzene rings is 2. The lowest BCUT2D eigenvalue weighted by molar-refractivity contribution is -0.120. The lowest BCUT2D eigenvalue weighted by Crippen LogP contribution is -2.32. The molecule has 0 aromatic heterocycles. The molecule has 0 aliphatic carbocycles. The van der Waals surface area contributed by atoms with E-state index >= 15 is 0 Å². The summed E-state index contributed by atoms with van der Waals surface area (Å²) < 4.78 is 0. The smallest absolute Gasteiger partial charge is 0.232 e. The molecule has 1 N–H and O–H groups in total. The third kappa shape index (κ3) is 5.64. The summed E-state index contributed by atoms with van der Waals surface area (Å²) in [4.78, 5) is 12.0. The van der Waals surface area contributed by atoms with Gasteiger partial charge in [0.2, 0.25) is 5.91 Å². The molecule has 110 valence electrons. The molecule has 0 fully saturated rings. The topological polar surface area (TPSA) is 29.1 Å². The second-order valence-corrected chi connectivity index (χ2v) is 6.29. The van der Waals surface area contributed by atoms with Crippen LogP contribution in [-0.2, 0) is 17.0 Å². The second kappa shape index (κ2) is 8.53. The van der Waals surface area contributed by atoms with Gasteiger partial charge >= 0.3 is 0 Å². The van der Waals surface area contributed by atoms with Crippen LogP contribution in [0.4, 0.5) is 0 Å². The summed E-state index contributed by atoms with van der Waals surface area (Å²) in [6, 6.07) is 20.5. The fourth-order valence-corrected chi connectivity index (χ4v) is 2.86. The van der Waals surface area contributed by atoms with Gasteiger partial charge in [-0.25, -0.2) is 0 Å². The highest BCUT2D eigenvalue weighted by atomic mass is 32.2. The quantitative estimate of drug-likeness (QED) is 0.845. The zero-order chi connectivity index (χ0) is 14.9. The summed E-state index contributed by atoms with van der Waals surface area (Å²) >= 11 is 1.67. The molecule has 1 atom stereocenters. The monoisotopic (exact) mass is 299 g/mol. The molecule has 0 saturated carbocycles. The number of hydrogen-bond acceptors (Lipinski definition) is 2. The van der Waals surface area contributed by atoms with Crippen LogP contribution < -0.4 is 5.32 Å². The Hall–Kier alpha value is -1.74. The molecule has 0 aliphatic rings. The van der Waals surface area contributed by atoms with E-state index in [4.69, 9.17) is 0 Å². The van der Waals surface area contributed by atoms with Crippen molar-refractivity contribution in [3.63, 3.8) is 0 Å². The van der Waals surface area contributed by atoms with Crippen molar-refractivity contribution < 1.29 is 4.79 Å². The van der Waals surface area contributed by atoms with Crippen LogP contribution in [0, 0.1) is 0 Å². The Labute approximate surface area is 131 Å². The largest absolute Gasteiger partial charge is 0.355 e. The van der Waals surface area contributed by atoms with Crippen molar-refractivity contribution in [3.8, 4) is 0 Å². The number of nitrogens with one attached hydrogen (secondary N) is 1. The lowest BCUT2D eigenvalue weighted by atomic mass is 10.1. The summed E-state index contributed by atoms with van der Waals surface area (Å²) in [7, 11) is 0. The minimum absolute atomic E-state index is 0.0269. The predicted octanol–water partition coefficient (Wildman–Crippen LogP) is 3.67. The van der Waals surface area contributed by atoms with Gasteiger partial charge in [-0.2, -0.15) is 0 Å². The molecule has 0 heterocycles. The van der Waals surface area contributed by atoms with Crippen molar-refractivity contribution in [1.82, 2.24) is 5.32 Å². The van der Waals surface area contributed by atoms with Gasteiger partial charge in [-0.3, -0.25) is 4.79 Å². The first-order valence-electron chi connectivity index (χ1n) is 7.23. The molecular formula is C18H21NOS.